The summed E-state index contributed by atoms with van der Waals surface area (Å²) in [5.41, 5.74) is 11.1. The minimum absolute atomic E-state index is 0. The van der Waals surface area contributed by atoms with Gasteiger partial charge in [0.2, 0.25) is 0 Å². The molecule has 0 aliphatic carbocycles. The molecule has 0 saturated carbocycles. The number of allylic oxidation sites excluding steroid dienone is 2. The van der Waals surface area contributed by atoms with E-state index in [-0.39, 0.29) is 30.6 Å². The van der Waals surface area contributed by atoms with Crippen molar-refractivity contribution in [3.8, 4) is 11.1 Å². The van der Waals surface area contributed by atoms with Gasteiger partial charge in [-0.25, -0.2) is 0 Å². The topological polar surface area (TPSA) is 80.4 Å². The summed E-state index contributed by atoms with van der Waals surface area (Å²) in [4.78, 5) is 23.8. The Bertz CT molecular complexity index is 931. The van der Waals surface area contributed by atoms with E-state index in [4.69, 9.17) is 5.73 Å². The molecule has 2 rings (SSSR count). The molecule has 0 bridgehead atoms. The summed E-state index contributed by atoms with van der Waals surface area (Å²) >= 11 is 2.22. The first-order valence-electron chi connectivity index (χ1n) is 9.52. The van der Waals surface area contributed by atoms with Gasteiger partial charge in [-0.1, -0.05) is 0 Å². The standard InChI is InChI=1S/C24H26AsNO3.2ClH/c1-3-5-16-7-8-19(15-22(25)24(28)29)21(13-16)18-9-10-20(23(27)11-12-26)17(14-18)6-4-2;;/h3-4,7-10,13-14,22H,1-2,5-6,11-12,15,26H2,(H,28,29);2*1H. The minimum Gasteiger partial charge on any atom is -0.147 e. The van der Waals surface area contributed by atoms with Crippen molar-refractivity contribution >= 4 is 53.4 Å². The van der Waals surface area contributed by atoms with Crippen LogP contribution in [0.15, 0.2) is 61.7 Å². The van der Waals surface area contributed by atoms with Crippen LogP contribution < -0.4 is 5.73 Å². The fraction of sp³-hybridized carbons (Fsp3) is 0.250. The van der Waals surface area contributed by atoms with E-state index in [0.29, 0.717) is 31.4 Å². The maximum absolute atomic E-state index is 12.4. The molecule has 166 valence electrons. The third-order valence-electron chi connectivity index (χ3n) is 4.70. The number of carbonyl (C=O) groups is 2. The van der Waals surface area contributed by atoms with E-state index >= 15 is 0 Å². The van der Waals surface area contributed by atoms with Gasteiger partial charge < -0.3 is 0 Å². The van der Waals surface area contributed by atoms with Crippen LogP contribution in [0, 0.1) is 0 Å². The molecular weight excluding hydrogens is 496 g/mol. The molecule has 2 aromatic carbocycles. The molecule has 0 aliphatic heterocycles. The van der Waals surface area contributed by atoms with Gasteiger partial charge in [0.1, 0.15) is 0 Å². The number of benzene rings is 2. The summed E-state index contributed by atoms with van der Waals surface area (Å²) in [6.07, 6.45) is 5.62. The molecule has 2 radical (unpaired) electrons. The molecule has 0 fully saturated rings. The average molecular weight is 524 g/mol. The monoisotopic (exact) mass is 523 g/mol. The Morgan fingerprint density at radius 2 is 1.71 bits per heavy atom. The number of carboxylic acids is 1. The fourth-order valence-electron chi connectivity index (χ4n) is 3.28. The van der Waals surface area contributed by atoms with Gasteiger partial charge in [0.15, 0.2) is 0 Å². The van der Waals surface area contributed by atoms with Crippen molar-refractivity contribution in [3.05, 3.63) is 84.0 Å². The predicted molar refractivity (Wildman–Crippen MR) is 133 cm³/mol. The number of halogens is 2. The summed E-state index contributed by atoms with van der Waals surface area (Å²) in [5.74, 6) is -0.825. The molecule has 31 heavy (non-hydrogen) atoms. The Morgan fingerprint density at radius 3 is 2.29 bits per heavy atom. The molecule has 4 nitrogen and oxygen atoms in total. The molecule has 0 amide bonds. The van der Waals surface area contributed by atoms with Crippen molar-refractivity contribution in [3.63, 3.8) is 0 Å². The van der Waals surface area contributed by atoms with E-state index in [1.54, 1.807) is 6.08 Å². The van der Waals surface area contributed by atoms with Gasteiger partial charge in [0, 0.05) is 0 Å². The summed E-state index contributed by atoms with van der Waals surface area (Å²) < 4.78 is -0.551. The summed E-state index contributed by atoms with van der Waals surface area (Å²) in [6.45, 7) is 7.92. The molecule has 0 saturated heterocycles. The Morgan fingerprint density at radius 1 is 1.03 bits per heavy atom. The van der Waals surface area contributed by atoms with Crippen LogP contribution in [0.1, 0.15) is 33.5 Å². The number of ketones is 1. The number of hydrogen-bond donors (Lipinski definition) is 2. The van der Waals surface area contributed by atoms with E-state index in [0.717, 1.165) is 34.2 Å². The molecule has 0 aromatic heterocycles. The summed E-state index contributed by atoms with van der Waals surface area (Å²) in [7, 11) is 0. The quantitative estimate of drug-likeness (QED) is 0.252. The number of hydrogen-bond acceptors (Lipinski definition) is 3. The van der Waals surface area contributed by atoms with Crippen LogP contribution in [0.4, 0.5) is 0 Å². The predicted octanol–water partition coefficient (Wildman–Crippen LogP) is 4.77. The van der Waals surface area contributed by atoms with Gasteiger partial charge >= 0.3 is 181 Å². The zero-order valence-corrected chi connectivity index (χ0v) is 20.8. The molecule has 1 atom stereocenters. The number of nitrogens with two attached hydrogens (primary N) is 1. The second kappa shape index (κ2) is 14.3. The average Bonchev–Trinajstić information content (AvgIpc) is 2.69. The molecule has 2 aromatic rings. The van der Waals surface area contributed by atoms with Crippen molar-refractivity contribution in [1.29, 1.82) is 0 Å². The molecule has 1 unspecified atom stereocenters. The molecular formula is C24H28AsCl2NO3. The SMILES string of the molecule is C=CCc1ccc(CC([As])C(=O)O)c(-c2ccc(C(=O)CCN)c(CC=C)c2)c1.Cl.Cl. The second-order valence-corrected chi connectivity index (χ2v) is 8.18. The molecule has 3 N–H and O–H groups in total. The van der Waals surface area contributed by atoms with Gasteiger partial charge in [-0.3, -0.25) is 0 Å². The first-order valence-corrected chi connectivity index (χ1v) is 10.6. The maximum atomic E-state index is 12.4. The Kier molecular flexibility index (Phi) is 13.4. The van der Waals surface area contributed by atoms with E-state index < -0.39 is 10.7 Å². The smallest absolute Gasteiger partial charge is 0.147 e. The van der Waals surface area contributed by atoms with Crippen LogP contribution in [-0.4, -0.2) is 40.3 Å². The Balaban J connectivity index is 0.00000450. The van der Waals surface area contributed by atoms with Crippen molar-refractivity contribution < 1.29 is 14.7 Å². The third kappa shape index (κ3) is 7.97. The van der Waals surface area contributed by atoms with Crippen molar-refractivity contribution in [2.45, 2.75) is 30.4 Å². The number of rotatable bonds is 11. The largest absolute Gasteiger partial charge is 0.147 e. The molecule has 0 aliphatic rings. The first-order chi connectivity index (χ1) is 13.9. The van der Waals surface area contributed by atoms with Crippen LogP contribution in [0.25, 0.3) is 11.1 Å². The second-order valence-electron chi connectivity index (χ2n) is 6.87. The van der Waals surface area contributed by atoms with Crippen LogP contribution in [0.3, 0.4) is 0 Å². The first kappa shape index (κ1) is 29.2. The summed E-state index contributed by atoms with van der Waals surface area (Å²) in [6, 6.07) is 11.8. The fourth-order valence-corrected chi connectivity index (χ4v) is 3.70. The van der Waals surface area contributed by atoms with Crippen molar-refractivity contribution in [1.82, 2.24) is 0 Å². The maximum Gasteiger partial charge on any atom is -0.147 e. The zero-order chi connectivity index (χ0) is 21.4. The number of carbonyl (C=O) groups excluding carboxylic acids is 1. The van der Waals surface area contributed by atoms with Gasteiger partial charge in [-0.2, -0.15) is 0 Å². The molecule has 0 heterocycles. The van der Waals surface area contributed by atoms with Crippen LogP contribution in [0.2, 0.25) is 4.71 Å². The van der Waals surface area contributed by atoms with Crippen molar-refractivity contribution in [2.75, 3.05) is 6.54 Å². The zero-order valence-electron chi connectivity index (χ0n) is 17.3. The van der Waals surface area contributed by atoms with Gasteiger partial charge in [-0.05, 0) is 0 Å². The van der Waals surface area contributed by atoms with E-state index in [2.05, 4.69) is 36.1 Å². The van der Waals surface area contributed by atoms with Gasteiger partial charge in [-0.15, -0.1) is 24.8 Å². The third-order valence-corrected chi connectivity index (χ3v) is 5.55. The molecule has 0 spiro atoms. The van der Waals surface area contributed by atoms with Crippen LogP contribution in [-0.2, 0) is 24.1 Å². The van der Waals surface area contributed by atoms with Crippen molar-refractivity contribution in [2.24, 2.45) is 5.73 Å². The van der Waals surface area contributed by atoms with Gasteiger partial charge in [0.05, 0.1) is 0 Å². The van der Waals surface area contributed by atoms with Crippen LogP contribution >= 0.6 is 24.8 Å². The summed E-state index contributed by atoms with van der Waals surface area (Å²) in [5, 5.41) is 9.32. The Labute approximate surface area is 205 Å². The normalized spacial score (nSPS) is 10.9. The number of carboxylic acid groups (broad SMARTS) is 1. The van der Waals surface area contributed by atoms with Crippen LogP contribution in [0.5, 0.6) is 0 Å². The minimum atomic E-state index is -0.846. The number of Topliss-reactive ketones (excluding diaryl/α,β-unsaturated/α-hetero) is 1. The molecule has 7 heteroatoms. The van der Waals surface area contributed by atoms with Gasteiger partial charge in [0.25, 0.3) is 0 Å². The van der Waals surface area contributed by atoms with E-state index in [1.165, 1.54) is 0 Å². The number of aliphatic carboxylic acids is 1. The van der Waals surface area contributed by atoms with E-state index in [1.807, 2.05) is 36.4 Å². The Hall–Kier alpha value is -1.84. The van der Waals surface area contributed by atoms with E-state index in [9.17, 15) is 14.7 Å².